The van der Waals surface area contributed by atoms with Crippen LogP contribution in [0.3, 0.4) is 0 Å². The number of aliphatic hydroxyl groups is 2. The van der Waals surface area contributed by atoms with Crippen LogP contribution in [-0.4, -0.2) is 70.7 Å². The van der Waals surface area contributed by atoms with E-state index in [1.807, 2.05) is 0 Å². The predicted molar refractivity (Wildman–Crippen MR) is 103 cm³/mol. The van der Waals surface area contributed by atoms with E-state index in [1.165, 1.54) is 31.9 Å². The molecule has 0 aromatic rings. The lowest BCUT2D eigenvalue weighted by Gasteiger charge is -2.38. The van der Waals surface area contributed by atoms with Gasteiger partial charge in [-0.25, -0.2) is 13.7 Å². The van der Waals surface area contributed by atoms with Gasteiger partial charge >= 0.3 is 23.5 Å². The second kappa shape index (κ2) is 8.67. The van der Waals surface area contributed by atoms with Crippen LogP contribution in [0.15, 0.2) is 24.2 Å². The highest BCUT2D eigenvalue weighted by molar-refractivity contribution is 7.66. The molecule has 7 N–H and O–H groups in total. The van der Waals surface area contributed by atoms with E-state index in [1.54, 1.807) is 0 Å². The van der Waals surface area contributed by atoms with Crippen LogP contribution in [0.25, 0.3) is 0 Å². The van der Waals surface area contributed by atoms with E-state index >= 15 is 0 Å². The summed E-state index contributed by atoms with van der Waals surface area (Å²) in [6.45, 7) is 6.41. The van der Waals surface area contributed by atoms with Crippen LogP contribution in [0.2, 0.25) is 0 Å². The van der Waals surface area contributed by atoms with Crippen LogP contribution >= 0.6 is 23.5 Å². The molecule has 6 atom stereocenters. The van der Waals surface area contributed by atoms with Gasteiger partial charge in [-0.3, -0.25) is 9.32 Å². The predicted octanol–water partition coefficient (Wildman–Crippen LogP) is -0.637. The second-order valence-corrected chi connectivity index (χ2v) is 11.8. The van der Waals surface area contributed by atoms with E-state index in [9.17, 15) is 38.5 Å². The Balaban J connectivity index is 2.19. The zero-order valence-corrected chi connectivity index (χ0v) is 19.6. The molecule has 0 radical (unpaired) electrons. The van der Waals surface area contributed by atoms with Gasteiger partial charge in [-0.2, -0.15) is 8.62 Å². The van der Waals surface area contributed by atoms with Gasteiger partial charge in [0.05, 0.1) is 6.61 Å². The number of phosphoric ester groups is 1. The monoisotopic (exact) mass is 524 g/mol. The number of hydrogen-bond acceptors (Lipinski definition) is 11. The molecule has 2 aliphatic heterocycles. The van der Waals surface area contributed by atoms with Gasteiger partial charge in [0.1, 0.15) is 23.1 Å². The van der Waals surface area contributed by atoms with E-state index < -0.39 is 59.5 Å². The number of aliphatic hydroxyl groups excluding tert-OH is 1. The Kier molecular flexibility index (Phi) is 7.40. The fraction of sp³-hybridized carbons (Fsp3) is 0.615. The number of nitrogens with one attached hydrogen (secondary N) is 1. The van der Waals surface area contributed by atoms with E-state index in [0.29, 0.717) is 0 Å². The standard InChI is InChI=1S/C13H23N2O14P3/c1-7-5-15(8(2)14-9(7)16)11-13(4,18)10(17)12(3,27-11)6-26-31(22,23)29-32(24,25)28-30(19,20)21/h5,10-11,17-18H,2,6H2,1,3-4H3,(H,14,16)(H,22,23)(H,24,25)(H2,19,20,21)/t10-,11+,12+,13?/m0/s1. The van der Waals surface area contributed by atoms with Gasteiger partial charge in [0, 0.05) is 11.8 Å². The van der Waals surface area contributed by atoms with Crippen LogP contribution in [0, 0.1) is 0 Å². The Hall–Kier alpha value is -0.960. The molecule has 0 spiro atoms. The third-order valence-electron chi connectivity index (χ3n) is 4.46. The van der Waals surface area contributed by atoms with Crippen LogP contribution in [0.1, 0.15) is 20.8 Å². The maximum atomic E-state index is 12.0. The maximum Gasteiger partial charge on any atom is 0.490 e. The van der Waals surface area contributed by atoms with E-state index in [4.69, 9.17) is 14.5 Å². The van der Waals surface area contributed by atoms with Crippen molar-refractivity contribution in [2.75, 3.05) is 6.61 Å². The summed E-state index contributed by atoms with van der Waals surface area (Å²) < 4.78 is 51.4. The average molecular weight is 524 g/mol. The van der Waals surface area contributed by atoms with Crippen molar-refractivity contribution in [1.29, 1.82) is 0 Å². The van der Waals surface area contributed by atoms with Crippen LogP contribution in [-0.2, 0) is 36.4 Å². The van der Waals surface area contributed by atoms with Crippen LogP contribution in [0.5, 0.6) is 0 Å². The first-order valence-electron chi connectivity index (χ1n) is 8.53. The maximum absolute atomic E-state index is 12.0. The van der Waals surface area contributed by atoms with Crippen molar-refractivity contribution >= 4 is 29.4 Å². The lowest BCUT2D eigenvalue weighted by molar-refractivity contribution is -0.136. The van der Waals surface area contributed by atoms with Crippen molar-refractivity contribution in [3.63, 3.8) is 0 Å². The highest BCUT2D eigenvalue weighted by Crippen LogP contribution is 2.66. The minimum Gasteiger partial charge on any atom is -0.387 e. The minimum absolute atomic E-state index is 0.00443. The molecule has 2 aliphatic rings. The number of phosphoric acid groups is 3. The quantitative estimate of drug-likeness (QED) is 0.195. The van der Waals surface area contributed by atoms with Crippen molar-refractivity contribution < 1.29 is 66.2 Å². The zero-order valence-electron chi connectivity index (χ0n) is 16.9. The van der Waals surface area contributed by atoms with Crippen molar-refractivity contribution in [3.05, 3.63) is 24.2 Å². The van der Waals surface area contributed by atoms with Gasteiger partial charge < -0.3 is 44.7 Å². The molecular formula is C13H23N2O14P3. The number of amides is 1. The summed E-state index contributed by atoms with van der Waals surface area (Å²) in [5.74, 6) is -0.463. The molecule has 0 aromatic heterocycles. The number of hydrogen-bond donors (Lipinski definition) is 7. The molecule has 16 nitrogen and oxygen atoms in total. The highest BCUT2D eigenvalue weighted by Gasteiger charge is 2.61. The number of carbonyl (C=O) groups excluding carboxylic acids is 1. The summed E-state index contributed by atoms with van der Waals surface area (Å²) in [6.07, 6.45) is -1.87. The molecular weight excluding hydrogens is 501 g/mol. The van der Waals surface area contributed by atoms with Crippen molar-refractivity contribution in [2.45, 2.75) is 44.3 Å². The van der Waals surface area contributed by atoms with Crippen molar-refractivity contribution in [3.8, 4) is 0 Å². The lowest BCUT2D eigenvalue weighted by atomic mass is 9.89. The SMILES string of the molecule is C=C1NC(=O)C(C)=CN1[C@@H]1O[C@](C)(COP(=O)(O)OP(=O)(O)OP(=O)(O)O)[C@H](O)C1(C)O. The van der Waals surface area contributed by atoms with Crippen LogP contribution in [0.4, 0.5) is 0 Å². The fourth-order valence-corrected chi connectivity index (χ4v) is 6.12. The summed E-state index contributed by atoms with van der Waals surface area (Å²) in [7, 11) is -16.8. The summed E-state index contributed by atoms with van der Waals surface area (Å²) in [4.78, 5) is 48.8. The Bertz CT molecular complexity index is 975. The first-order valence-corrected chi connectivity index (χ1v) is 13.0. The molecule has 19 heteroatoms. The van der Waals surface area contributed by atoms with E-state index in [0.717, 1.165) is 0 Å². The third kappa shape index (κ3) is 6.13. The third-order valence-corrected chi connectivity index (χ3v) is 8.24. The van der Waals surface area contributed by atoms with Gasteiger partial charge in [-0.1, -0.05) is 6.58 Å². The Labute approximate surface area is 181 Å². The average Bonchev–Trinajstić information content (AvgIpc) is 2.74. The first kappa shape index (κ1) is 27.3. The zero-order chi connectivity index (χ0) is 24.9. The lowest BCUT2D eigenvalue weighted by Crippen LogP contribution is -2.55. The van der Waals surface area contributed by atoms with Gasteiger partial charge in [0.2, 0.25) is 0 Å². The Morgan fingerprint density at radius 3 is 2.28 bits per heavy atom. The van der Waals surface area contributed by atoms with Gasteiger partial charge in [0.15, 0.2) is 6.23 Å². The van der Waals surface area contributed by atoms with Gasteiger partial charge in [-0.15, -0.1) is 0 Å². The summed E-state index contributed by atoms with van der Waals surface area (Å²) in [6, 6.07) is 0. The minimum atomic E-state index is -5.74. The summed E-state index contributed by atoms with van der Waals surface area (Å²) >= 11 is 0. The molecule has 0 aliphatic carbocycles. The van der Waals surface area contributed by atoms with Gasteiger partial charge in [0.25, 0.3) is 5.91 Å². The second-order valence-electron chi connectivity index (χ2n) is 7.40. The van der Waals surface area contributed by atoms with Gasteiger partial charge in [-0.05, 0) is 20.8 Å². The topological polar surface area (TPSA) is 242 Å². The molecule has 0 saturated carbocycles. The fourth-order valence-electron chi connectivity index (χ4n) is 3.00. The smallest absolute Gasteiger partial charge is 0.387 e. The number of carbonyl (C=O) groups is 1. The molecule has 0 bridgehead atoms. The summed E-state index contributed by atoms with van der Waals surface area (Å²) in [5.41, 5.74) is -3.77. The number of nitrogens with zero attached hydrogens (tertiary/aromatic N) is 1. The Morgan fingerprint density at radius 1 is 1.19 bits per heavy atom. The number of ether oxygens (including phenoxy) is 1. The molecule has 32 heavy (non-hydrogen) atoms. The van der Waals surface area contributed by atoms with E-state index in [-0.39, 0.29) is 11.4 Å². The molecule has 0 aromatic carbocycles. The Morgan fingerprint density at radius 2 is 1.75 bits per heavy atom. The number of rotatable bonds is 8. The van der Waals surface area contributed by atoms with Crippen molar-refractivity contribution in [1.82, 2.24) is 10.2 Å². The summed E-state index contributed by atoms with van der Waals surface area (Å²) in [5, 5.41) is 23.8. The molecule has 1 fully saturated rings. The van der Waals surface area contributed by atoms with Crippen molar-refractivity contribution in [2.24, 2.45) is 0 Å². The molecule has 1 saturated heterocycles. The largest absolute Gasteiger partial charge is 0.490 e. The molecule has 3 unspecified atom stereocenters. The first-order chi connectivity index (χ1) is 14.2. The normalized spacial score (nSPS) is 35.2. The highest BCUT2D eigenvalue weighted by atomic mass is 31.3. The molecule has 1 amide bonds. The molecule has 2 heterocycles. The van der Waals surface area contributed by atoms with E-state index in [2.05, 4.69) is 25.0 Å². The van der Waals surface area contributed by atoms with Crippen LogP contribution < -0.4 is 5.32 Å². The molecule has 2 rings (SSSR count). The molecule has 184 valence electrons.